The van der Waals surface area contributed by atoms with E-state index in [4.69, 9.17) is 9.47 Å². The Morgan fingerprint density at radius 1 is 1.20 bits per heavy atom. The minimum Gasteiger partial charge on any atom is -0.493 e. The summed E-state index contributed by atoms with van der Waals surface area (Å²) in [4.78, 5) is 0. The van der Waals surface area contributed by atoms with Crippen molar-refractivity contribution in [3.8, 4) is 11.5 Å². The monoisotopic (exact) mass is 282 g/mol. The molecule has 0 amide bonds. The molecule has 0 saturated heterocycles. The zero-order valence-corrected chi connectivity index (χ0v) is 12.2. The van der Waals surface area contributed by atoms with Crippen molar-refractivity contribution < 1.29 is 19.0 Å². The standard InChI is InChI=1S/C16H23FO3/c1-19-15-9-12(13(17)10-16(15)20-2)14(18)8-7-11-5-3-4-6-11/h9-11,14,18H,3-8H2,1-2H3. The van der Waals surface area contributed by atoms with Crippen LogP contribution >= 0.6 is 0 Å². The van der Waals surface area contributed by atoms with Gasteiger partial charge in [-0.1, -0.05) is 25.7 Å². The highest BCUT2D eigenvalue weighted by molar-refractivity contribution is 5.44. The summed E-state index contributed by atoms with van der Waals surface area (Å²) in [5.74, 6) is 1.04. The average molecular weight is 282 g/mol. The van der Waals surface area contributed by atoms with Crippen LogP contribution in [-0.4, -0.2) is 19.3 Å². The minimum atomic E-state index is -0.782. The number of benzene rings is 1. The van der Waals surface area contributed by atoms with Gasteiger partial charge in [0.15, 0.2) is 11.5 Å². The number of aliphatic hydroxyl groups excluding tert-OH is 1. The average Bonchev–Trinajstić information content (AvgIpc) is 2.97. The first kappa shape index (κ1) is 15.1. The molecule has 0 spiro atoms. The van der Waals surface area contributed by atoms with Crippen molar-refractivity contribution in [2.75, 3.05) is 14.2 Å². The third kappa shape index (κ3) is 3.42. The van der Waals surface area contributed by atoms with E-state index in [-0.39, 0.29) is 0 Å². The number of halogens is 1. The molecule has 112 valence electrons. The predicted molar refractivity (Wildman–Crippen MR) is 75.7 cm³/mol. The lowest BCUT2D eigenvalue weighted by Crippen LogP contribution is -2.05. The van der Waals surface area contributed by atoms with Crippen LogP contribution in [0.5, 0.6) is 11.5 Å². The Bertz CT molecular complexity index is 442. The van der Waals surface area contributed by atoms with Gasteiger partial charge in [-0.2, -0.15) is 0 Å². The topological polar surface area (TPSA) is 38.7 Å². The first-order valence-electron chi connectivity index (χ1n) is 7.25. The number of hydrogen-bond acceptors (Lipinski definition) is 3. The Morgan fingerprint density at radius 3 is 2.40 bits per heavy atom. The van der Waals surface area contributed by atoms with Crippen molar-refractivity contribution in [1.29, 1.82) is 0 Å². The molecular formula is C16H23FO3. The molecule has 1 fully saturated rings. The largest absolute Gasteiger partial charge is 0.493 e. The molecule has 1 aliphatic carbocycles. The zero-order chi connectivity index (χ0) is 14.5. The molecule has 0 radical (unpaired) electrons. The highest BCUT2D eigenvalue weighted by atomic mass is 19.1. The summed E-state index contributed by atoms with van der Waals surface area (Å²) < 4.78 is 24.2. The Balaban J connectivity index is 2.06. The molecule has 1 aromatic carbocycles. The highest BCUT2D eigenvalue weighted by Gasteiger charge is 2.20. The Hall–Kier alpha value is -1.29. The van der Waals surface area contributed by atoms with Gasteiger partial charge < -0.3 is 14.6 Å². The number of rotatable bonds is 6. The van der Waals surface area contributed by atoms with Crippen LogP contribution in [0.25, 0.3) is 0 Å². The van der Waals surface area contributed by atoms with Gasteiger partial charge in [0.2, 0.25) is 0 Å². The van der Waals surface area contributed by atoms with E-state index in [1.807, 2.05) is 0 Å². The second-order valence-electron chi connectivity index (χ2n) is 5.47. The molecule has 2 rings (SSSR count). The Morgan fingerprint density at radius 2 is 1.80 bits per heavy atom. The molecule has 1 atom stereocenters. The lowest BCUT2D eigenvalue weighted by molar-refractivity contribution is 0.152. The fourth-order valence-corrected chi connectivity index (χ4v) is 2.97. The van der Waals surface area contributed by atoms with Crippen LogP contribution in [0.4, 0.5) is 4.39 Å². The van der Waals surface area contributed by atoms with Crippen molar-refractivity contribution in [2.45, 2.75) is 44.6 Å². The second kappa shape index (κ2) is 6.93. The molecule has 4 heteroatoms. The minimum absolute atomic E-state index is 0.292. The van der Waals surface area contributed by atoms with Gasteiger partial charge in [-0.3, -0.25) is 0 Å². The summed E-state index contributed by atoms with van der Waals surface area (Å²) in [6.07, 6.45) is 5.81. The molecule has 0 aromatic heterocycles. The van der Waals surface area contributed by atoms with Gasteiger partial charge in [-0.05, 0) is 24.8 Å². The molecule has 20 heavy (non-hydrogen) atoms. The summed E-state index contributed by atoms with van der Waals surface area (Å²) >= 11 is 0. The molecule has 0 bridgehead atoms. The normalized spacial score (nSPS) is 17.2. The lowest BCUT2D eigenvalue weighted by atomic mass is 9.96. The molecular weight excluding hydrogens is 259 g/mol. The van der Waals surface area contributed by atoms with E-state index in [0.717, 1.165) is 6.42 Å². The number of hydrogen-bond donors (Lipinski definition) is 1. The molecule has 0 heterocycles. The first-order valence-corrected chi connectivity index (χ1v) is 7.25. The lowest BCUT2D eigenvalue weighted by Gasteiger charge is -2.17. The third-order valence-electron chi connectivity index (χ3n) is 4.18. The number of ether oxygens (including phenoxy) is 2. The molecule has 0 aliphatic heterocycles. The van der Waals surface area contributed by atoms with Crippen molar-refractivity contribution in [3.05, 3.63) is 23.5 Å². The second-order valence-corrected chi connectivity index (χ2v) is 5.47. The summed E-state index contributed by atoms with van der Waals surface area (Å²) in [5, 5.41) is 10.2. The van der Waals surface area contributed by atoms with E-state index in [9.17, 15) is 9.50 Å². The number of methoxy groups -OCH3 is 2. The van der Waals surface area contributed by atoms with Gasteiger partial charge in [0.05, 0.1) is 20.3 Å². The van der Waals surface area contributed by atoms with Gasteiger partial charge in [0, 0.05) is 11.6 Å². The van der Waals surface area contributed by atoms with E-state index in [1.165, 1.54) is 52.0 Å². The number of aliphatic hydroxyl groups is 1. The fourth-order valence-electron chi connectivity index (χ4n) is 2.97. The highest BCUT2D eigenvalue weighted by Crippen LogP contribution is 2.36. The molecule has 1 aromatic rings. The molecule has 3 nitrogen and oxygen atoms in total. The summed E-state index contributed by atoms with van der Waals surface area (Å²) in [6.45, 7) is 0. The van der Waals surface area contributed by atoms with E-state index in [0.29, 0.717) is 29.4 Å². The maximum Gasteiger partial charge on any atom is 0.163 e. The van der Waals surface area contributed by atoms with Crippen molar-refractivity contribution in [3.63, 3.8) is 0 Å². The summed E-state index contributed by atoms with van der Waals surface area (Å²) in [5.41, 5.74) is 0.292. The van der Waals surface area contributed by atoms with Gasteiger partial charge in [0.1, 0.15) is 5.82 Å². The van der Waals surface area contributed by atoms with Gasteiger partial charge in [0.25, 0.3) is 0 Å². The molecule has 1 saturated carbocycles. The first-order chi connectivity index (χ1) is 9.65. The van der Waals surface area contributed by atoms with Gasteiger partial charge >= 0.3 is 0 Å². The maximum absolute atomic E-state index is 14.0. The van der Waals surface area contributed by atoms with Crippen LogP contribution in [0.3, 0.4) is 0 Å². The molecule has 1 aliphatic rings. The Kier molecular flexibility index (Phi) is 5.24. The van der Waals surface area contributed by atoms with Crippen LogP contribution in [0.15, 0.2) is 12.1 Å². The van der Waals surface area contributed by atoms with Crippen LogP contribution < -0.4 is 9.47 Å². The Labute approximate surface area is 119 Å². The SMILES string of the molecule is COc1cc(F)c(C(O)CCC2CCCC2)cc1OC. The van der Waals surface area contributed by atoms with E-state index in [2.05, 4.69) is 0 Å². The fraction of sp³-hybridized carbons (Fsp3) is 0.625. The molecule has 1 unspecified atom stereocenters. The van der Waals surface area contributed by atoms with Crippen LogP contribution in [0.2, 0.25) is 0 Å². The van der Waals surface area contributed by atoms with E-state index >= 15 is 0 Å². The molecule has 1 N–H and O–H groups in total. The van der Waals surface area contributed by atoms with Gasteiger partial charge in [-0.25, -0.2) is 4.39 Å². The quantitative estimate of drug-likeness (QED) is 0.861. The smallest absolute Gasteiger partial charge is 0.163 e. The van der Waals surface area contributed by atoms with E-state index < -0.39 is 11.9 Å². The van der Waals surface area contributed by atoms with Crippen molar-refractivity contribution >= 4 is 0 Å². The maximum atomic E-state index is 14.0. The van der Waals surface area contributed by atoms with Crippen molar-refractivity contribution in [1.82, 2.24) is 0 Å². The summed E-state index contributed by atoms with van der Waals surface area (Å²) in [7, 11) is 2.97. The van der Waals surface area contributed by atoms with Crippen LogP contribution in [-0.2, 0) is 0 Å². The summed E-state index contributed by atoms with van der Waals surface area (Å²) in [6, 6.07) is 2.81. The predicted octanol–water partition coefficient (Wildman–Crippen LogP) is 3.85. The van der Waals surface area contributed by atoms with Crippen LogP contribution in [0.1, 0.15) is 50.2 Å². The third-order valence-corrected chi connectivity index (χ3v) is 4.18. The van der Waals surface area contributed by atoms with E-state index in [1.54, 1.807) is 0 Å². The van der Waals surface area contributed by atoms with Gasteiger partial charge in [-0.15, -0.1) is 0 Å². The zero-order valence-electron chi connectivity index (χ0n) is 12.2. The van der Waals surface area contributed by atoms with Crippen molar-refractivity contribution in [2.24, 2.45) is 5.92 Å². The van der Waals surface area contributed by atoms with Crippen LogP contribution in [0, 0.1) is 11.7 Å².